The minimum Gasteiger partial charge on any atom is -0.449 e. The number of nitrogens with two attached hydrogens (primary N) is 1. The van der Waals surface area contributed by atoms with Gasteiger partial charge in [-0.15, -0.1) is 0 Å². The summed E-state index contributed by atoms with van der Waals surface area (Å²) in [4.78, 5) is 61.1. The monoisotopic (exact) mass is 592 g/mol. The molecule has 0 saturated carbocycles. The highest BCUT2D eigenvalue weighted by Gasteiger charge is 2.27. The van der Waals surface area contributed by atoms with Crippen molar-refractivity contribution in [3.63, 3.8) is 0 Å². The lowest BCUT2D eigenvalue weighted by Crippen LogP contribution is -2.53. The van der Waals surface area contributed by atoms with E-state index < -0.39 is 36.1 Å². The van der Waals surface area contributed by atoms with E-state index in [1.807, 2.05) is 34.6 Å². The zero-order valence-corrected chi connectivity index (χ0v) is 25.6. The number of anilines is 1. The number of rotatable bonds is 16. The number of unbranched alkanes of at least 4 members (excludes halogenated alkanes) is 1. The maximum absolute atomic E-state index is 12.8. The number of ether oxygens (including phenoxy) is 2. The first-order chi connectivity index (χ1) is 19.7. The molecule has 0 bridgehead atoms. The molecule has 236 valence electrons. The van der Waals surface area contributed by atoms with Crippen molar-refractivity contribution in [1.29, 1.82) is 0 Å². The Morgan fingerprint density at radius 2 is 1.43 bits per heavy atom. The number of alkyl carbamates (subject to hydrolysis) is 2. The molecule has 13 heteroatoms. The first-order valence-corrected chi connectivity index (χ1v) is 14.2. The van der Waals surface area contributed by atoms with E-state index in [1.54, 1.807) is 31.2 Å². The summed E-state index contributed by atoms with van der Waals surface area (Å²) >= 11 is 0. The van der Waals surface area contributed by atoms with Crippen molar-refractivity contribution >= 4 is 35.6 Å². The lowest BCUT2D eigenvalue weighted by molar-refractivity contribution is -0.131. The number of carbonyl (C=O) groups is 5. The highest BCUT2D eigenvalue weighted by atomic mass is 16.6. The fourth-order valence-electron chi connectivity index (χ4n) is 3.38. The Hall–Kier alpha value is -3.87. The number of carbonyl (C=O) groups excluding carboxylic acids is 5. The van der Waals surface area contributed by atoms with Gasteiger partial charge in [-0.3, -0.25) is 14.4 Å². The Bertz CT molecular complexity index is 1020. The molecule has 1 aromatic carbocycles. The van der Waals surface area contributed by atoms with E-state index in [0.29, 0.717) is 24.2 Å². The van der Waals surface area contributed by atoms with E-state index in [0.717, 1.165) is 6.42 Å². The molecule has 0 heterocycles. The van der Waals surface area contributed by atoms with Crippen molar-refractivity contribution in [1.82, 2.24) is 21.3 Å². The summed E-state index contributed by atoms with van der Waals surface area (Å²) < 4.78 is 10.2. The van der Waals surface area contributed by atoms with Gasteiger partial charge in [0.05, 0.1) is 6.61 Å². The number of nitrogens with one attached hydrogen (secondary N) is 5. The van der Waals surface area contributed by atoms with Crippen molar-refractivity contribution in [2.75, 3.05) is 31.6 Å². The van der Waals surface area contributed by atoms with Gasteiger partial charge in [0.15, 0.2) is 0 Å². The molecule has 1 unspecified atom stereocenters. The number of benzene rings is 1. The largest absolute Gasteiger partial charge is 0.449 e. The van der Waals surface area contributed by atoms with Crippen molar-refractivity contribution < 1.29 is 33.4 Å². The minimum absolute atomic E-state index is 0.00209. The van der Waals surface area contributed by atoms with Gasteiger partial charge < -0.3 is 41.8 Å². The third-order valence-corrected chi connectivity index (χ3v) is 5.77. The average molecular weight is 593 g/mol. The predicted molar refractivity (Wildman–Crippen MR) is 159 cm³/mol. The SMILES string of the molecule is CC(NC(=O)[C@@H](NC(=O)CCCCN)C(C)C)C(=O)Nc1ccc(COC(=O)NCCNC(=O)OCC(C)(C)C)cc1. The minimum atomic E-state index is -0.852. The smallest absolute Gasteiger partial charge is 0.407 e. The van der Waals surface area contributed by atoms with Crippen LogP contribution in [-0.2, 0) is 30.5 Å². The normalized spacial score (nSPS) is 12.5. The van der Waals surface area contributed by atoms with E-state index in [4.69, 9.17) is 15.2 Å². The van der Waals surface area contributed by atoms with E-state index in [-0.39, 0.29) is 50.0 Å². The van der Waals surface area contributed by atoms with Crippen LogP contribution in [0.15, 0.2) is 24.3 Å². The third kappa shape index (κ3) is 15.8. The maximum atomic E-state index is 12.8. The zero-order chi connectivity index (χ0) is 31.7. The highest BCUT2D eigenvalue weighted by Crippen LogP contribution is 2.13. The fraction of sp³-hybridized carbons (Fsp3) is 0.621. The molecule has 7 N–H and O–H groups in total. The van der Waals surface area contributed by atoms with Crippen LogP contribution < -0.4 is 32.3 Å². The first-order valence-electron chi connectivity index (χ1n) is 14.2. The van der Waals surface area contributed by atoms with Crippen LogP contribution in [0.3, 0.4) is 0 Å². The molecule has 0 aromatic heterocycles. The van der Waals surface area contributed by atoms with Gasteiger partial charge in [0.25, 0.3) is 0 Å². The zero-order valence-electron chi connectivity index (χ0n) is 25.6. The van der Waals surface area contributed by atoms with Crippen LogP contribution in [0.5, 0.6) is 0 Å². The Kier molecular flexibility index (Phi) is 16.0. The van der Waals surface area contributed by atoms with Gasteiger partial charge in [-0.2, -0.15) is 0 Å². The van der Waals surface area contributed by atoms with Gasteiger partial charge in [0.2, 0.25) is 17.7 Å². The topological polar surface area (TPSA) is 190 Å². The van der Waals surface area contributed by atoms with Crippen LogP contribution in [0.1, 0.15) is 66.4 Å². The van der Waals surface area contributed by atoms with Gasteiger partial charge in [0.1, 0.15) is 18.7 Å². The summed E-state index contributed by atoms with van der Waals surface area (Å²) in [6.45, 7) is 12.2. The highest BCUT2D eigenvalue weighted by molar-refractivity contribution is 5.98. The second-order valence-corrected chi connectivity index (χ2v) is 11.5. The van der Waals surface area contributed by atoms with Crippen molar-refractivity contribution in [3.05, 3.63) is 29.8 Å². The summed E-state index contributed by atoms with van der Waals surface area (Å²) in [7, 11) is 0. The van der Waals surface area contributed by atoms with Crippen LogP contribution in [0.2, 0.25) is 0 Å². The summed E-state index contributed by atoms with van der Waals surface area (Å²) in [6, 6.07) is 5.05. The van der Waals surface area contributed by atoms with Crippen LogP contribution in [-0.4, -0.2) is 68.2 Å². The fourth-order valence-corrected chi connectivity index (χ4v) is 3.38. The van der Waals surface area contributed by atoms with Crippen molar-refractivity contribution in [3.8, 4) is 0 Å². The first kappa shape index (κ1) is 36.2. The molecule has 0 saturated heterocycles. The number of hydrogen-bond donors (Lipinski definition) is 6. The molecule has 0 aliphatic rings. The van der Waals surface area contributed by atoms with Gasteiger partial charge in [-0.05, 0) is 55.3 Å². The van der Waals surface area contributed by atoms with Crippen molar-refractivity contribution in [2.24, 2.45) is 17.1 Å². The van der Waals surface area contributed by atoms with Gasteiger partial charge in [-0.25, -0.2) is 9.59 Å². The van der Waals surface area contributed by atoms with Crippen LogP contribution in [0, 0.1) is 11.3 Å². The molecule has 2 atom stereocenters. The Morgan fingerprint density at radius 3 is 1.98 bits per heavy atom. The molecule has 1 aromatic rings. The summed E-state index contributed by atoms with van der Waals surface area (Å²) in [5, 5.41) is 13.2. The van der Waals surface area contributed by atoms with E-state index in [2.05, 4.69) is 26.6 Å². The molecule has 42 heavy (non-hydrogen) atoms. The molecule has 5 amide bonds. The molecule has 0 aliphatic carbocycles. The summed E-state index contributed by atoms with van der Waals surface area (Å²) in [6.07, 6.45) is 0.447. The van der Waals surface area contributed by atoms with Gasteiger partial charge in [-0.1, -0.05) is 46.8 Å². The van der Waals surface area contributed by atoms with Crippen LogP contribution >= 0.6 is 0 Å². The average Bonchev–Trinajstić information content (AvgIpc) is 2.92. The standard InChI is InChI=1S/C29H48N6O7/c1-19(2)24(35-23(36)9-7-8-14-30)26(38)33-20(3)25(37)34-22-12-10-21(11-13-22)17-41-27(39)31-15-16-32-28(40)42-18-29(4,5)6/h10-13,19-20,24H,7-9,14-18,30H2,1-6H3,(H,31,39)(H,32,40)(H,33,38)(H,34,37)(H,35,36)/t20?,24-/m0/s1. The third-order valence-electron chi connectivity index (χ3n) is 5.77. The maximum Gasteiger partial charge on any atom is 0.407 e. The number of hydrogen-bond acceptors (Lipinski definition) is 8. The quantitative estimate of drug-likeness (QED) is 0.158. The summed E-state index contributed by atoms with van der Waals surface area (Å²) in [5.41, 5.74) is 6.50. The second kappa shape index (κ2) is 18.5. The van der Waals surface area contributed by atoms with Gasteiger partial charge in [0, 0.05) is 25.2 Å². The molecular weight excluding hydrogens is 544 g/mol. The predicted octanol–water partition coefficient (Wildman–Crippen LogP) is 2.40. The molecular formula is C29H48N6O7. The molecule has 0 aliphatic heterocycles. The van der Waals surface area contributed by atoms with Crippen molar-refractivity contribution in [2.45, 2.75) is 79.5 Å². The molecule has 0 spiro atoms. The van der Waals surface area contributed by atoms with E-state index in [1.165, 1.54) is 0 Å². The molecule has 13 nitrogen and oxygen atoms in total. The summed E-state index contributed by atoms with van der Waals surface area (Å²) in [5.74, 6) is -1.28. The molecule has 0 fully saturated rings. The molecule has 0 radical (unpaired) electrons. The van der Waals surface area contributed by atoms with Crippen LogP contribution in [0.4, 0.5) is 15.3 Å². The van der Waals surface area contributed by atoms with Gasteiger partial charge >= 0.3 is 12.2 Å². The van der Waals surface area contributed by atoms with E-state index in [9.17, 15) is 24.0 Å². The Morgan fingerprint density at radius 1 is 0.833 bits per heavy atom. The van der Waals surface area contributed by atoms with E-state index >= 15 is 0 Å². The number of amides is 5. The van der Waals surface area contributed by atoms with Crippen LogP contribution in [0.25, 0.3) is 0 Å². The lowest BCUT2D eigenvalue weighted by Gasteiger charge is -2.24. The Labute approximate surface area is 248 Å². The lowest BCUT2D eigenvalue weighted by atomic mass is 9.99. The Balaban J connectivity index is 2.42. The molecule has 1 rings (SSSR count). The second-order valence-electron chi connectivity index (χ2n) is 11.5.